The summed E-state index contributed by atoms with van der Waals surface area (Å²) in [6.07, 6.45) is 8.59. The SMILES string of the molecule is Cc1ccccc1C(=O)N[C@@H]1CCCC[C@H]1NC(=O)C1CCN(C(=O)C2CCC2)CC1. The van der Waals surface area contributed by atoms with Crippen molar-refractivity contribution in [2.24, 2.45) is 11.8 Å². The standard InChI is InChI=1S/C25H35N3O3/c1-17-7-2-3-10-20(17)24(30)27-22-12-5-4-11-21(22)26-23(29)18-13-15-28(16-14-18)25(31)19-8-6-9-19/h2-3,7,10,18-19,21-22H,4-6,8-9,11-16H2,1H3,(H,26,29)(H,27,30)/t21-,22-/m1/s1. The van der Waals surface area contributed by atoms with Crippen LogP contribution in [0.2, 0.25) is 0 Å². The molecule has 0 bridgehead atoms. The molecule has 0 radical (unpaired) electrons. The lowest BCUT2D eigenvalue weighted by atomic mass is 9.83. The summed E-state index contributed by atoms with van der Waals surface area (Å²) in [6.45, 7) is 3.31. The predicted molar refractivity (Wildman–Crippen MR) is 119 cm³/mol. The fourth-order valence-corrected chi connectivity index (χ4v) is 5.13. The van der Waals surface area contributed by atoms with Gasteiger partial charge in [-0.15, -0.1) is 0 Å². The molecule has 2 saturated carbocycles. The number of aryl methyl sites for hydroxylation is 1. The Balaban J connectivity index is 1.30. The van der Waals surface area contributed by atoms with E-state index in [2.05, 4.69) is 10.6 Å². The number of carbonyl (C=O) groups is 3. The van der Waals surface area contributed by atoms with Gasteiger partial charge in [-0.25, -0.2) is 0 Å². The van der Waals surface area contributed by atoms with Crippen LogP contribution < -0.4 is 10.6 Å². The normalized spacial score (nSPS) is 24.9. The average Bonchev–Trinajstić information content (AvgIpc) is 2.74. The summed E-state index contributed by atoms with van der Waals surface area (Å²) < 4.78 is 0. The number of piperidine rings is 1. The van der Waals surface area contributed by atoms with Gasteiger partial charge < -0.3 is 15.5 Å². The van der Waals surface area contributed by atoms with Gasteiger partial charge in [-0.2, -0.15) is 0 Å². The van der Waals surface area contributed by atoms with Crippen LogP contribution in [0.3, 0.4) is 0 Å². The average molecular weight is 426 g/mol. The van der Waals surface area contributed by atoms with Gasteiger partial charge in [0.2, 0.25) is 11.8 Å². The number of likely N-dealkylation sites (tertiary alicyclic amines) is 1. The van der Waals surface area contributed by atoms with E-state index >= 15 is 0 Å². The number of hydrogen-bond acceptors (Lipinski definition) is 3. The Labute approximate surface area is 185 Å². The van der Waals surface area contributed by atoms with Gasteiger partial charge in [-0.3, -0.25) is 14.4 Å². The van der Waals surface area contributed by atoms with Crippen LogP contribution in [0.15, 0.2) is 24.3 Å². The number of nitrogens with one attached hydrogen (secondary N) is 2. The second-order valence-corrected chi connectivity index (χ2v) is 9.52. The lowest BCUT2D eigenvalue weighted by molar-refractivity contribution is -0.141. The van der Waals surface area contributed by atoms with Gasteiger partial charge >= 0.3 is 0 Å². The molecule has 2 N–H and O–H groups in total. The Morgan fingerprint density at radius 2 is 1.45 bits per heavy atom. The third kappa shape index (κ3) is 5.10. The van der Waals surface area contributed by atoms with E-state index in [9.17, 15) is 14.4 Å². The highest BCUT2D eigenvalue weighted by Crippen LogP contribution is 2.30. The van der Waals surface area contributed by atoms with Crippen LogP contribution in [0.5, 0.6) is 0 Å². The van der Waals surface area contributed by atoms with E-state index in [4.69, 9.17) is 0 Å². The van der Waals surface area contributed by atoms with Gasteiger partial charge in [0.25, 0.3) is 5.91 Å². The van der Waals surface area contributed by atoms with E-state index in [0.717, 1.165) is 63.4 Å². The molecule has 1 aromatic carbocycles. The zero-order chi connectivity index (χ0) is 21.8. The smallest absolute Gasteiger partial charge is 0.251 e. The van der Waals surface area contributed by atoms with Crippen molar-refractivity contribution in [3.63, 3.8) is 0 Å². The molecule has 2 aliphatic carbocycles. The molecule has 0 aromatic heterocycles. The van der Waals surface area contributed by atoms with E-state index < -0.39 is 0 Å². The summed E-state index contributed by atoms with van der Waals surface area (Å²) in [4.78, 5) is 40.2. The molecule has 0 unspecified atom stereocenters. The minimum Gasteiger partial charge on any atom is -0.351 e. The van der Waals surface area contributed by atoms with Gasteiger partial charge in [0, 0.05) is 42.6 Å². The molecule has 6 heteroatoms. The Kier molecular flexibility index (Phi) is 6.93. The summed E-state index contributed by atoms with van der Waals surface area (Å²) in [7, 11) is 0. The molecule has 3 aliphatic rings. The zero-order valence-electron chi connectivity index (χ0n) is 18.6. The fourth-order valence-electron chi connectivity index (χ4n) is 5.13. The maximum atomic E-state index is 13.0. The zero-order valence-corrected chi connectivity index (χ0v) is 18.6. The van der Waals surface area contributed by atoms with Crippen molar-refractivity contribution in [3.8, 4) is 0 Å². The third-order valence-electron chi connectivity index (χ3n) is 7.43. The van der Waals surface area contributed by atoms with E-state index in [1.165, 1.54) is 0 Å². The number of hydrogen-bond donors (Lipinski definition) is 2. The predicted octanol–water partition coefficient (Wildman–Crippen LogP) is 3.19. The molecule has 1 aromatic rings. The monoisotopic (exact) mass is 425 g/mol. The van der Waals surface area contributed by atoms with Crippen molar-refractivity contribution < 1.29 is 14.4 Å². The van der Waals surface area contributed by atoms with Crippen molar-refractivity contribution in [1.82, 2.24) is 15.5 Å². The molecule has 168 valence electrons. The Morgan fingerprint density at radius 1 is 0.806 bits per heavy atom. The molecule has 3 fully saturated rings. The van der Waals surface area contributed by atoms with Crippen LogP contribution in [-0.4, -0.2) is 47.8 Å². The van der Waals surface area contributed by atoms with Gasteiger partial charge in [0.05, 0.1) is 0 Å². The lowest BCUT2D eigenvalue weighted by Crippen LogP contribution is -2.55. The number of rotatable bonds is 5. The fraction of sp³-hybridized carbons (Fsp3) is 0.640. The molecule has 31 heavy (non-hydrogen) atoms. The molecule has 1 saturated heterocycles. The summed E-state index contributed by atoms with van der Waals surface area (Å²) >= 11 is 0. The molecule has 0 spiro atoms. The van der Waals surface area contributed by atoms with Crippen molar-refractivity contribution in [2.75, 3.05) is 13.1 Å². The summed E-state index contributed by atoms with van der Waals surface area (Å²) in [5.41, 5.74) is 1.65. The minimum atomic E-state index is -0.0629. The van der Waals surface area contributed by atoms with Gasteiger partial charge in [0.1, 0.15) is 0 Å². The summed E-state index contributed by atoms with van der Waals surface area (Å²) in [5, 5.41) is 6.42. The molecule has 1 aliphatic heterocycles. The van der Waals surface area contributed by atoms with Crippen LogP contribution in [0.25, 0.3) is 0 Å². The number of benzene rings is 1. The van der Waals surface area contributed by atoms with Gasteiger partial charge in [-0.05, 0) is 57.1 Å². The maximum Gasteiger partial charge on any atom is 0.251 e. The van der Waals surface area contributed by atoms with Crippen LogP contribution in [-0.2, 0) is 9.59 Å². The third-order valence-corrected chi connectivity index (χ3v) is 7.43. The number of amides is 3. The first-order chi connectivity index (χ1) is 15.0. The molecular weight excluding hydrogens is 390 g/mol. The Morgan fingerprint density at radius 3 is 2.06 bits per heavy atom. The minimum absolute atomic E-state index is 0.0242. The molecule has 2 atom stereocenters. The molecule has 4 rings (SSSR count). The van der Waals surface area contributed by atoms with E-state index in [-0.39, 0.29) is 41.6 Å². The maximum absolute atomic E-state index is 13.0. The highest BCUT2D eigenvalue weighted by molar-refractivity contribution is 5.95. The van der Waals surface area contributed by atoms with Crippen LogP contribution in [0, 0.1) is 18.8 Å². The van der Waals surface area contributed by atoms with Crippen molar-refractivity contribution in [3.05, 3.63) is 35.4 Å². The van der Waals surface area contributed by atoms with Gasteiger partial charge in [-0.1, -0.05) is 37.5 Å². The van der Waals surface area contributed by atoms with E-state index in [1.807, 2.05) is 36.1 Å². The second-order valence-electron chi connectivity index (χ2n) is 9.52. The molecule has 6 nitrogen and oxygen atoms in total. The number of nitrogens with zero attached hydrogens (tertiary/aromatic N) is 1. The summed E-state index contributed by atoms with van der Waals surface area (Å²) in [6, 6.07) is 7.54. The Hall–Kier alpha value is -2.37. The van der Waals surface area contributed by atoms with Crippen LogP contribution >= 0.6 is 0 Å². The second kappa shape index (κ2) is 9.84. The topological polar surface area (TPSA) is 78.5 Å². The lowest BCUT2D eigenvalue weighted by Gasteiger charge is -2.37. The first kappa shape index (κ1) is 21.8. The highest BCUT2D eigenvalue weighted by atomic mass is 16.2. The highest BCUT2D eigenvalue weighted by Gasteiger charge is 2.35. The first-order valence-electron chi connectivity index (χ1n) is 12.0. The molecular formula is C25H35N3O3. The van der Waals surface area contributed by atoms with Crippen LogP contribution in [0.4, 0.5) is 0 Å². The van der Waals surface area contributed by atoms with Crippen molar-refractivity contribution >= 4 is 17.7 Å². The van der Waals surface area contributed by atoms with Crippen molar-refractivity contribution in [2.45, 2.75) is 76.8 Å². The Bertz CT molecular complexity index is 812. The molecule has 1 heterocycles. The molecule has 3 amide bonds. The first-order valence-corrected chi connectivity index (χ1v) is 12.0. The largest absolute Gasteiger partial charge is 0.351 e. The quantitative estimate of drug-likeness (QED) is 0.760. The summed E-state index contributed by atoms with van der Waals surface area (Å²) in [5.74, 6) is 0.492. The number of carbonyl (C=O) groups excluding carboxylic acids is 3. The van der Waals surface area contributed by atoms with E-state index in [0.29, 0.717) is 18.7 Å². The van der Waals surface area contributed by atoms with E-state index in [1.54, 1.807) is 0 Å². The van der Waals surface area contributed by atoms with Crippen LogP contribution in [0.1, 0.15) is 73.7 Å². The van der Waals surface area contributed by atoms with Gasteiger partial charge in [0.15, 0.2) is 0 Å². The van der Waals surface area contributed by atoms with Crippen molar-refractivity contribution in [1.29, 1.82) is 0 Å².